The van der Waals surface area contributed by atoms with Crippen molar-refractivity contribution in [1.29, 1.82) is 0 Å². The lowest BCUT2D eigenvalue weighted by molar-refractivity contribution is -0.121. The fourth-order valence-corrected chi connectivity index (χ4v) is 2.55. The molecule has 1 amide bonds. The normalized spacial score (nSPS) is 23.7. The number of rotatable bonds is 3. The summed E-state index contributed by atoms with van der Waals surface area (Å²) in [6, 6.07) is 8.52. The molecule has 98 valence electrons. The molecule has 0 spiro atoms. The van der Waals surface area contributed by atoms with Gasteiger partial charge >= 0.3 is 0 Å². The van der Waals surface area contributed by atoms with Crippen LogP contribution in [0.2, 0.25) is 0 Å². The van der Waals surface area contributed by atoms with Gasteiger partial charge in [-0.15, -0.1) is 0 Å². The summed E-state index contributed by atoms with van der Waals surface area (Å²) >= 11 is 3.39. The van der Waals surface area contributed by atoms with Crippen LogP contribution in [0.5, 0.6) is 0 Å². The first-order valence-electron chi connectivity index (χ1n) is 6.42. The molecule has 1 aliphatic heterocycles. The van der Waals surface area contributed by atoms with Crippen LogP contribution in [0.25, 0.3) is 0 Å². The van der Waals surface area contributed by atoms with Gasteiger partial charge in [0.05, 0.1) is 6.42 Å². The molecule has 1 heterocycles. The van der Waals surface area contributed by atoms with E-state index in [1.54, 1.807) is 0 Å². The minimum Gasteiger partial charge on any atom is -0.352 e. The second-order valence-electron chi connectivity index (χ2n) is 4.86. The van der Waals surface area contributed by atoms with Crippen molar-refractivity contribution < 1.29 is 4.79 Å². The quantitative estimate of drug-likeness (QED) is 0.899. The highest BCUT2D eigenvalue weighted by atomic mass is 79.9. The van der Waals surface area contributed by atoms with Crippen molar-refractivity contribution in [2.24, 2.45) is 0 Å². The van der Waals surface area contributed by atoms with Crippen LogP contribution in [-0.2, 0) is 11.2 Å². The number of hydrogen-bond acceptors (Lipinski definition) is 2. The van der Waals surface area contributed by atoms with Crippen molar-refractivity contribution in [1.82, 2.24) is 10.6 Å². The molecule has 1 aromatic carbocycles. The summed E-state index contributed by atoms with van der Waals surface area (Å²) in [5, 5.41) is 6.51. The predicted octanol–water partition coefficient (Wildman–Crippen LogP) is 2.25. The molecule has 2 N–H and O–H groups in total. The van der Waals surface area contributed by atoms with Crippen molar-refractivity contribution in [3.8, 4) is 0 Å². The summed E-state index contributed by atoms with van der Waals surface area (Å²) in [6.45, 7) is 3.18. The topological polar surface area (TPSA) is 41.1 Å². The SMILES string of the molecule is CC1NCCCC1NC(=O)Cc1ccc(Br)cc1. The molecular formula is C14H19BrN2O. The number of piperidine rings is 1. The van der Waals surface area contributed by atoms with E-state index >= 15 is 0 Å². The van der Waals surface area contributed by atoms with Gasteiger partial charge in [0.2, 0.25) is 5.91 Å². The zero-order valence-corrected chi connectivity index (χ0v) is 12.2. The van der Waals surface area contributed by atoms with Gasteiger partial charge in [0, 0.05) is 16.6 Å². The van der Waals surface area contributed by atoms with Gasteiger partial charge in [-0.2, -0.15) is 0 Å². The largest absolute Gasteiger partial charge is 0.352 e. The molecule has 0 saturated carbocycles. The molecule has 2 rings (SSSR count). The summed E-state index contributed by atoms with van der Waals surface area (Å²) in [6.07, 6.45) is 2.66. The van der Waals surface area contributed by atoms with Gasteiger partial charge in [-0.3, -0.25) is 4.79 Å². The number of benzene rings is 1. The van der Waals surface area contributed by atoms with Gasteiger partial charge in [-0.05, 0) is 44.0 Å². The highest BCUT2D eigenvalue weighted by Crippen LogP contribution is 2.12. The standard InChI is InChI=1S/C14H19BrN2O/c1-10-13(3-2-8-16-10)17-14(18)9-11-4-6-12(15)7-5-11/h4-7,10,13,16H,2-3,8-9H2,1H3,(H,17,18). The maximum atomic E-state index is 12.0. The van der Waals surface area contributed by atoms with Crippen LogP contribution in [0.4, 0.5) is 0 Å². The van der Waals surface area contributed by atoms with E-state index in [9.17, 15) is 4.79 Å². The Morgan fingerprint density at radius 2 is 2.17 bits per heavy atom. The summed E-state index contributed by atoms with van der Waals surface area (Å²) in [4.78, 5) is 12.0. The molecule has 1 saturated heterocycles. The first kappa shape index (κ1) is 13.6. The molecule has 1 aliphatic rings. The maximum absolute atomic E-state index is 12.0. The van der Waals surface area contributed by atoms with Crippen molar-refractivity contribution in [2.45, 2.75) is 38.3 Å². The van der Waals surface area contributed by atoms with Crippen LogP contribution >= 0.6 is 15.9 Å². The lowest BCUT2D eigenvalue weighted by Crippen LogP contribution is -2.52. The molecule has 0 aromatic heterocycles. The molecule has 1 aromatic rings. The Kier molecular flexibility index (Phi) is 4.78. The molecule has 2 unspecified atom stereocenters. The molecule has 1 fully saturated rings. The number of nitrogens with one attached hydrogen (secondary N) is 2. The number of amides is 1. The fraction of sp³-hybridized carbons (Fsp3) is 0.500. The van der Waals surface area contributed by atoms with Gasteiger partial charge in [-0.25, -0.2) is 0 Å². The van der Waals surface area contributed by atoms with E-state index in [2.05, 4.69) is 33.5 Å². The maximum Gasteiger partial charge on any atom is 0.224 e. The summed E-state index contributed by atoms with van der Waals surface area (Å²) in [5.41, 5.74) is 1.05. The Morgan fingerprint density at radius 1 is 1.44 bits per heavy atom. The van der Waals surface area contributed by atoms with E-state index in [1.165, 1.54) is 0 Å². The first-order chi connectivity index (χ1) is 8.65. The molecule has 0 aliphatic carbocycles. The van der Waals surface area contributed by atoms with Crippen LogP contribution in [0.15, 0.2) is 28.7 Å². The van der Waals surface area contributed by atoms with Crippen LogP contribution < -0.4 is 10.6 Å². The lowest BCUT2D eigenvalue weighted by Gasteiger charge is -2.30. The first-order valence-corrected chi connectivity index (χ1v) is 7.21. The van der Waals surface area contributed by atoms with E-state index in [1.807, 2.05) is 24.3 Å². The minimum atomic E-state index is 0.109. The zero-order chi connectivity index (χ0) is 13.0. The van der Waals surface area contributed by atoms with Crippen LogP contribution in [0, 0.1) is 0 Å². The van der Waals surface area contributed by atoms with Crippen molar-refractivity contribution in [2.75, 3.05) is 6.54 Å². The molecule has 4 heteroatoms. The van der Waals surface area contributed by atoms with E-state index in [-0.39, 0.29) is 11.9 Å². The molecule has 2 atom stereocenters. The van der Waals surface area contributed by atoms with E-state index in [4.69, 9.17) is 0 Å². The monoisotopic (exact) mass is 310 g/mol. The second kappa shape index (κ2) is 6.34. The average Bonchev–Trinajstić information content (AvgIpc) is 2.35. The third-order valence-electron chi connectivity index (χ3n) is 3.39. The van der Waals surface area contributed by atoms with E-state index in [0.717, 1.165) is 29.4 Å². The Balaban J connectivity index is 1.86. The highest BCUT2D eigenvalue weighted by Gasteiger charge is 2.22. The number of carbonyl (C=O) groups is 1. The van der Waals surface area contributed by atoms with Gasteiger partial charge < -0.3 is 10.6 Å². The van der Waals surface area contributed by atoms with Crippen LogP contribution in [0.3, 0.4) is 0 Å². The summed E-state index contributed by atoms with van der Waals surface area (Å²) in [7, 11) is 0. The smallest absolute Gasteiger partial charge is 0.224 e. The third-order valence-corrected chi connectivity index (χ3v) is 3.91. The van der Waals surface area contributed by atoms with E-state index in [0.29, 0.717) is 12.5 Å². The lowest BCUT2D eigenvalue weighted by atomic mass is 9.99. The van der Waals surface area contributed by atoms with Crippen molar-refractivity contribution in [3.63, 3.8) is 0 Å². The van der Waals surface area contributed by atoms with Gasteiger partial charge in [0.15, 0.2) is 0 Å². The zero-order valence-electron chi connectivity index (χ0n) is 10.6. The molecule has 3 nitrogen and oxygen atoms in total. The third kappa shape index (κ3) is 3.82. The van der Waals surface area contributed by atoms with Crippen LogP contribution in [0.1, 0.15) is 25.3 Å². The van der Waals surface area contributed by atoms with Crippen molar-refractivity contribution in [3.05, 3.63) is 34.3 Å². The second-order valence-corrected chi connectivity index (χ2v) is 5.78. The highest BCUT2D eigenvalue weighted by molar-refractivity contribution is 9.10. The van der Waals surface area contributed by atoms with Gasteiger partial charge in [-0.1, -0.05) is 28.1 Å². The van der Waals surface area contributed by atoms with Crippen molar-refractivity contribution >= 4 is 21.8 Å². The molecule has 0 radical (unpaired) electrons. The molecule has 18 heavy (non-hydrogen) atoms. The Labute approximate surface area is 116 Å². The van der Waals surface area contributed by atoms with Crippen LogP contribution in [-0.4, -0.2) is 24.5 Å². The summed E-state index contributed by atoms with van der Waals surface area (Å²) < 4.78 is 1.04. The number of halogens is 1. The Hall–Kier alpha value is -0.870. The number of carbonyl (C=O) groups excluding carboxylic acids is 1. The summed E-state index contributed by atoms with van der Waals surface area (Å²) in [5.74, 6) is 0.109. The molecular weight excluding hydrogens is 292 g/mol. The Morgan fingerprint density at radius 3 is 2.83 bits per heavy atom. The molecule has 0 bridgehead atoms. The minimum absolute atomic E-state index is 0.109. The Bertz CT molecular complexity index is 405. The average molecular weight is 311 g/mol. The van der Waals surface area contributed by atoms with Gasteiger partial charge in [0.25, 0.3) is 0 Å². The predicted molar refractivity (Wildman–Crippen MR) is 76.5 cm³/mol. The fourth-order valence-electron chi connectivity index (χ4n) is 2.29. The number of hydrogen-bond donors (Lipinski definition) is 2. The van der Waals surface area contributed by atoms with Gasteiger partial charge in [0.1, 0.15) is 0 Å². The van der Waals surface area contributed by atoms with E-state index < -0.39 is 0 Å².